The maximum Gasteiger partial charge on any atom is 0.119 e. The van der Waals surface area contributed by atoms with Crippen LogP contribution in [0.15, 0.2) is 55.1 Å². The highest BCUT2D eigenvalue weighted by molar-refractivity contribution is 5.99. The molecule has 0 radical (unpaired) electrons. The minimum absolute atomic E-state index is 0.893. The average molecular weight is 234 g/mol. The fraction of sp³-hybridized carbons (Fsp3) is 0.0588. The number of hydrogen-bond donors (Lipinski definition) is 0. The third-order valence-corrected chi connectivity index (χ3v) is 3.26. The molecule has 0 saturated carbocycles. The second kappa shape index (κ2) is 4.19. The van der Waals surface area contributed by atoms with E-state index in [0.717, 1.165) is 11.3 Å². The van der Waals surface area contributed by atoms with Gasteiger partial charge >= 0.3 is 0 Å². The highest BCUT2D eigenvalue weighted by Gasteiger charge is 2.00. The summed E-state index contributed by atoms with van der Waals surface area (Å²) in [6, 6.07) is 16.9. The summed E-state index contributed by atoms with van der Waals surface area (Å²) < 4.78 is 5.26. The molecule has 3 rings (SSSR count). The van der Waals surface area contributed by atoms with E-state index < -0.39 is 0 Å². The molecule has 0 aliphatic rings. The third-order valence-electron chi connectivity index (χ3n) is 3.26. The van der Waals surface area contributed by atoms with Gasteiger partial charge in [-0.15, -0.1) is 0 Å². The largest absolute Gasteiger partial charge is 0.497 e. The normalized spacial score (nSPS) is 10.7. The van der Waals surface area contributed by atoms with Crippen molar-refractivity contribution in [3.8, 4) is 5.75 Å². The molecule has 1 nitrogen and oxygen atoms in total. The lowest BCUT2D eigenvalue weighted by Gasteiger charge is -2.05. The van der Waals surface area contributed by atoms with Crippen molar-refractivity contribution in [3.63, 3.8) is 0 Å². The van der Waals surface area contributed by atoms with Crippen molar-refractivity contribution >= 4 is 27.6 Å². The summed E-state index contributed by atoms with van der Waals surface area (Å²) in [5.41, 5.74) is 1.15. The van der Waals surface area contributed by atoms with E-state index in [-0.39, 0.29) is 0 Å². The summed E-state index contributed by atoms with van der Waals surface area (Å²) in [5.74, 6) is 0.893. The van der Waals surface area contributed by atoms with Crippen molar-refractivity contribution in [2.75, 3.05) is 7.11 Å². The van der Waals surface area contributed by atoms with E-state index in [4.69, 9.17) is 4.74 Å². The molecule has 0 atom stereocenters. The maximum absolute atomic E-state index is 5.26. The van der Waals surface area contributed by atoms with Crippen molar-refractivity contribution in [1.29, 1.82) is 0 Å². The second-order valence-corrected chi connectivity index (χ2v) is 4.38. The number of methoxy groups -OCH3 is 1. The van der Waals surface area contributed by atoms with Gasteiger partial charge in [-0.3, -0.25) is 0 Å². The van der Waals surface area contributed by atoms with Crippen molar-refractivity contribution in [3.05, 3.63) is 60.7 Å². The Hall–Kier alpha value is -2.28. The molecule has 88 valence electrons. The fourth-order valence-electron chi connectivity index (χ4n) is 2.25. The minimum atomic E-state index is 0.893. The van der Waals surface area contributed by atoms with Gasteiger partial charge in [0.2, 0.25) is 0 Å². The zero-order valence-corrected chi connectivity index (χ0v) is 10.3. The molecule has 0 N–H and O–H groups in total. The fourth-order valence-corrected chi connectivity index (χ4v) is 2.25. The Bertz CT molecular complexity index is 741. The first-order valence-corrected chi connectivity index (χ1v) is 5.94. The van der Waals surface area contributed by atoms with E-state index in [1.807, 2.05) is 12.1 Å². The Kier molecular flexibility index (Phi) is 2.52. The van der Waals surface area contributed by atoms with Crippen LogP contribution in [0.4, 0.5) is 0 Å². The molecule has 0 heterocycles. The molecule has 0 spiro atoms. The van der Waals surface area contributed by atoms with E-state index in [9.17, 15) is 0 Å². The lowest BCUT2D eigenvalue weighted by molar-refractivity contribution is 0.415. The van der Waals surface area contributed by atoms with Gasteiger partial charge in [0.1, 0.15) is 5.75 Å². The van der Waals surface area contributed by atoms with Gasteiger partial charge in [0.25, 0.3) is 0 Å². The van der Waals surface area contributed by atoms with Gasteiger partial charge < -0.3 is 4.74 Å². The smallest absolute Gasteiger partial charge is 0.119 e. The number of hydrogen-bond acceptors (Lipinski definition) is 1. The van der Waals surface area contributed by atoms with E-state index in [0.29, 0.717) is 0 Å². The first-order valence-electron chi connectivity index (χ1n) is 5.94. The molecule has 0 fully saturated rings. The Labute approximate surface area is 106 Å². The molecule has 0 saturated heterocycles. The third kappa shape index (κ3) is 1.74. The second-order valence-electron chi connectivity index (χ2n) is 4.38. The van der Waals surface area contributed by atoms with Crippen LogP contribution in [0.3, 0.4) is 0 Å². The maximum atomic E-state index is 5.26. The summed E-state index contributed by atoms with van der Waals surface area (Å²) >= 11 is 0. The molecule has 0 aromatic heterocycles. The van der Waals surface area contributed by atoms with Gasteiger partial charge in [-0.1, -0.05) is 30.9 Å². The van der Waals surface area contributed by atoms with Crippen LogP contribution in [0.5, 0.6) is 5.75 Å². The molecular weight excluding hydrogens is 220 g/mol. The molecule has 3 aromatic carbocycles. The summed E-state index contributed by atoms with van der Waals surface area (Å²) in [7, 11) is 1.69. The SMILES string of the molecule is C=Cc1ccc2cc3cc(OC)ccc3cc2c1. The molecule has 0 unspecified atom stereocenters. The van der Waals surface area contributed by atoms with Gasteiger partial charge in [0.05, 0.1) is 7.11 Å². The van der Waals surface area contributed by atoms with Gasteiger partial charge in [0.15, 0.2) is 0 Å². The van der Waals surface area contributed by atoms with Crippen molar-refractivity contribution < 1.29 is 4.74 Å². The summed E-state index contributed by atoms with van der Waals surface area (Å²) in [5, 5.41) is 4.91. The van der Waals surface area contributed by atoms with Gasteiger partial charge in [-0.05, 0) is 57.4 Å². The first kappa shape index (κ1) is 10.8. The lowest BCUT2D eigenvalue weighted by atomic mass is 10.0. The van der Waals surface area contributed by atoms with E-state index >= 15 is 0 Å². The molecule has 0 aliphatic carbocycles. The van der Waals surface area contributed by atoms with Crippen LogP contribution in [0, 0.1) is 0 Å². The van der Waals surface area contributed by atoms with Crippen molar-refractivity contribution in [2.45, 2.75) is 0 Å². The molecule has 0 bridgehead atoms. The summed E-state index contributed by atoms with van der Waals surface area (Å²) in [4.78, 5) is 0. The zero-order chi connectivity index (χ0) is 12.5. The number of ether oxygens (including phenoxy) is 1. The van der Waals surface area contributed by atoms with Gasteiger partial charge in [-0.25, -0.2) is 0 Å². The van der Waals surface area contributed by atoms with Gasteiger partial charge in [0, 0.05) is 0 Å². The van der Waals surface area contributed by atoms with E-state index in [2.05, 4.69) is 49.0 Å². The van der Waals surface area contributed by atoms with Crippen LogP contribution in [0.2, 0.25) is 0 Å². The molecule has 0 aliphatic heterocycles. The number of fused-ring (bicyclic) bond motifs is 2. The highest BCUT2D eigenvalue weighted by atomic mass is 16.5. The Morgan fingerprint density at radius 1 is 0.833 bits per heavy atom. The summed E-state index contributed by atoms with van der Waals surface area (Å²) in [6.07, 6.45) is 1.87. The molecular formula is C17H14O. The molecule has 1 heteroatoms. The molecule has 0 amide bonds. The van der Waals surface area contributed by atoms with Crippen LogP contribution < -0.4 is 4.74 Å². The topological polar surface area (TPSA) is 9.23 Å². The van der Waals surface area contributed by atoms with Crippen LogP contribution in [-0.2, 0) is 0 Å². The van der Waals surface area contributed by atoms with Crippen molar-refractivity contribution in [1.82, 2.24) is 0 Å². The van der Waals surface area contributed by atoms with Crippen molar-refractivity contribution in [2.24, 2.45) is 0 Å². The summed E-state index contributed by atoms with van der Waals surface area (Å²) in [6.45, 7) is 3.81. The molecule has 3 aromatic rings. The highest BCUT2D eigenvalue weighted by Crippen LogP contribution is 2.27. The van der Waals surface area contributed by atoms with Crippen LogP contribution in [0.1, 0.15) is 5.56 Å². The predicted octanol–water partition coefficient (Wildman–Crippen LogP) is 4.64. The average Bonchev–Trinajstić information content (AvgIpc) is 2.43. The number of rotatable bonds is 2. The van der Waals surface area contributed by atoms with E-state index in [1.54, 1.807) is 7.11 Å². The quantitative estimate of drug-likeness (QED) is 0.587. The van der Waals surface area contributed by atoms with E-state index in [1.165, 1.54) is 21.5 Å². The Morgan fingerprint density at radius 3 is 2.17 bits per heavy atom. The Morgan fingerprint density at radius 2 is 1.50 bits per heavy atom. The predicted molar refractivity (Wildman–Crippen MR) is 78.1 cm³/mol. The van der Waals surface area contributed by atoms with Gasteiger partial charge in [-0.2, -0.15) is 0 Å². The monoisotopic (exact) mass is 234 g/mol. The zero-order valence-electron chi connectivity index (χ0n) is 10.3. The standard InChI is InChI=1S/C17H14O/c1-3-12-4-5-13-10-16-11-17(18-2)7-6-14(16)9-15(13)8-12/h3-11H,1H2,2H3. The van der Waals surface area contributed by atoms with Crippen LogP contribution >= 0.6 is 0 Å². The Balaban J connectivity index is 2.31. The first-order chi connectivity index (χ1) is 8.80. The molecule has 18 heavy (non-hydrogen) atoms. The van der Waals surface area contributed by atoms with Crippen LogP contribution in [-0.4, -0.2) is 7.11 Å². The van der Waals surface area contributed by atoms with Crippen LogP contribution in [0.25, 0.3) is 27.6 Å². The lowest BCUT2D eigenvalue weighted by Crippen LogP contribution is -1.83. The minimum Gasteiger partial charge on any atom is -0.497 e. The number of benzene rings is 3.